The van der Waals surface area contributed by atoms with Gasteiger partial charge < -0.3 is 9.88 Å². The third-order valence-corrected chi connectivity index (χ3v) is 5.26. The van der Waals surface area contributed by atoms with Crippen LogP contribution in [0.5, 0.6) is 0 Å². The largest absolute Gasteiger partial charge is 0.348 e. The van der Waals surface area contributed by atoms with E-state index in [1.165, 1.54) is 11.3 Å². The Hall–Kier alpha value is -3.00. The Bertz CT molecular complexity index is 1020. The number of hydrogen-bond acceptors (Lipinski definition) is 5. The van der Waals surface area contributed by atoms with Crippen LogP contribution in [0.2, 0.25) is 0 Å². The van der Waals surface area contributed by atoms with Crippen molar-refractivity contribution >= 4 is 22.8 Å². The summed E-state index contributed by atoms with van der Waals surface area (Å²) in [5, 5.41) is 4.69. The summed E-state index contributed by atoms with van der Waals surface area (Å²) < 4.78 is 1.83. The summed E-state index contributed by atoms with van der Waals surface area (Å²) in [7, 11) is 0. The number of imidazole rings is 1. The second-order valence-corrected chi connectivity index (χ2v) is 6.81. The molecule has 0 aromatic carbocycles. The van der Waals surface area contributed by atoms with Gasteiger partial charge in [0.05, 0.1) is 34.9 Å². The van der Waals surface area contributed by atoms with Crippen LogP contribution in [-0.2, 0) is 6.42 Å². The van der Waals surface area contributed by atoms with Gasteiger partial charge in [-0.25, -0.2) is 9.50 Å². The topological polar surface area (TPSA) is 79.2 Å². The number of aromatic amines is 1. The van der Waals surface area contributed by atoms with Crippen molar-refractivity contribution in [1.29, 1.82) is 0 Å². The van der Waals surface area contributed by atoms with Gasteiger partial charge in [0.25, 0.3) is 5.91 Å². The first kappa shape index (κ1) is 14.4. The average Bonchev–Trinajstić information content (AvgIpc) is 3.39. The van der Waals surface area contributed by atoms with Crippen LogP contribution in [-0.4, -0.2) is 41.9 Å². The summed E-state index contributed by atoms with van der Waals surface area (Å²) in [6, 6.07) is 7.62. The van der Waals surface area contributed by atoms with E-state index in [9.17, 15) is 4.79 Å². The fourth-order valence-corrected chi connectivity index (χ4v) is 3.92. The van der Waals surface area contributed by atoms with Gasteiger partial charge in [-0.2, -0.15) is 5.10 Å². The highest BCUT2D eigenvalue weighted by Gasteiger charge is 2.36. The van der Waals surface area contributed by atoms with Crippen LogP contribution in [0.15, 0.2) is 48.5 Å². The number of aromatic nitrogens is 5. The van der Waals surface area contributed by atoms with E-state index in [2.05, 4.69) is 20.1 Å². The minimum Gasteiger partial charge on any atom is -0.348 e. The van der Waals surface area contributed by atoms with Crippen LogP contribution in [0, 0.1) is 0 Å². The summed E-state index contributed by atoms with van der Waals surface area (Å²) in [4.78, 5) is 27.2. The van der Waals surface area contributed by atoms with Crippen molar-refractivity contribution in [3.05, 3.63) is 70.5 Å². The van der Waals surface area contributed by atoms with E-state index >= 15 is 0 Å². The molecule has 0 spiro atoms. The molecular weight excluding hydrogens is 336 g/mol. The van der Waals surface area contributed by atoms with E-state index < -0.39 is 0 Å². The third-order valence-electron chi connectivity index (χ3n) is 4.50. The molecule has 0 aliphatic carbocycles. The molecule has 1 aliphatic rings. The lowest BCUT2D eigenvalue weighted by Gasteiger charge is -2.33. The molecule has 4 aromatic rings. The summed E-state index contributed by atoms with van der Waals surface area (Å²) in [6.07, 6.45) is 5.97. The molecule has 0 bridgehead atoms. The third kappa shape index (κ3) is 2.25. The zero-order valence-corrected chi connectivity index (χ0v) is 14.0. The molecular formula is C17H14N6OS. The van der Waals surface area contributed by atoms with Gasteiger partial charge in [0.15, 0.2) is 0 Å². The molecule has 0 fully saturated rings. The lowest BCUT2D eigenvalue weighted by atomic mass is 9.99. The van der Waals surface area contributed by atoms with Crippen molar-refractivity contribution in [3.63, 3.8) is 0 Å². The zero-order chi connectivity index (χ0) is 16.8. The lowest BCUT2D eigenvalue weighted by Crippen LogP contribution is -2.40. The molecule has 0 radical (unpaired) electrons. The highest BCUT2D eigenvalue weighted by Crippen LogP contribution is 2.34. The first-order valence-electron chi connectivity index (χ1n) is 7.97. The van der Waals surface area contributed by atoms with E-state index in [0.29, 0.717) is 11.4 Å². The van der Waals surface area contributed by atoms with Gasteiger partial charge in [0.2, 0.25) is 0 Å². The smallest absolute Gasteiger partial charge is 0.266 e. The lowest BCUT2D eigenvalue weighted by molar-refractivity contribution is 0.0692. The molecule has 0 saturated carbocycles. The van der Waals surface area contributed by atoms with Crippen molar-refractivity contribution in [2.45, 2.75) is 12.5 Å². The SMILES string of the molecule is O=C(c1cncs1)N1CCc2[nH]cnc2[C@H]1c1cc2ccccn2n1. The highest BCUT2D eigenvalue weighted by atomic mass is 32.1. The van der Waals surface area contributed by atoms with E-state index in [0.717, 1.165) is 29.0 Å². The van der Waals surface area contributed by atoms with Crippen molar-refractivity contribution < 1.29 is 4.79 Å². The molecule has 7 nitrogen and oxygen atoms in total. The number of amides is 1. The summed E-state index contributed by atoms with van der Waals surface area (Å²) in [5.74, 6) is -0.0294. The van der Waals surface area contributed by atoms with Crippen molar-refractivity contribution in [2.75, 3.05) is 6.54 Å². The molecule has 1 amide bonds. The predicted octanol–water partition coefficient (Wildman–Crippen LogP) is 2.30. The number of hydrogen-bond donors (Lipinski definition) is 1. The quantitative estimate of drug-likeness (QED) is 0.602. The van der Waals surface area contributed by atoms with Crippen LogP contribution in [0.3, 0.4) is 0 Å². The molecule has 1 aliphatic heterocycles. The number of fused-ring (bicyclic) bond motifs is 2. The Morgan fingerprint density at radius 2 is 2.32 bits per heavy atom. The van der Waals surface area contributed by atoms with Gasteiger partial charge in [0, 0.05) is 24.9 Å². The number of nitrogens with one attached hydrogen (secondary N) is 1. The molecule has 0 saturated heterocycles. The fourth-order valence-electron chi connectivity index (χ4n) is 3.35. The van der Waals surface area contributed by atoms with Gasteiger partial charge in [-0.15, -0.1) is 11.3 Å². The Morgan fingerprint density at radius 1 is 1.36 bits per heavy atom. The number of H-pyrrole nitrogens is 1. The zero-order valence-electron chi connectivity index (χ0n) is 13.2. The first-order valence-corrected chi connectivity index (χ1v) is 8.85. The molecule has 0 unspecified atom stereocenters. The molecule has 5 rings (SSSR count). The van der Waals surface area contributed by atoms with Crippen LogP contribution in [0.4, 0.5) is 0 Å². The van der Waals surface area contributed by atoms with Crippen LogP contribution >= 0.6 is 11.3 Å². The molecule has 124 valence electrons. The molecule has 25 heavy (non-hydrogen) atoms. The first-order chi connectivity index (χ1) is 12.3. The molecule has 4 aromatic heterocycles. The Labute approximate surface area is 147 Å². The van der Waals surface area contributed by atoms with Gasteiger partial charge in [-0.3, -0.25) is 9.78 Å². The van der Waals surface area contributed by atoms with Crippen molar-refractivity contribution in [2.24, 2.45) is 0 Å². The number of nitrogens with zero attached hydrogens (tertiary/aromatic N) is 5. The van der Waals surface area contributed by atoms with Gasteiger partial charge in [-0.05, 0) is 18.2 Å². The Balaban J connectivity index is 1.64. The Morgan fingerprint density at radius 3 is 3.16 bits per heavy atom. The maximum atomic E-state index is 13.0. The minimum atomic E-state index is -0.301. The van der Waals surface area contributed by atoms with E-state index in [1.54, 1.807) is 18.0 Å². The summed E-state index contributed by atoms with van der Waals surface area (Å²) in [5.41, 5.74) is 5.42. The number of carbonyl (C=O) groups is 1. The monoisotopic (exact) mass is 350 g/mol. The second-order valence-electron chi connectivity index (χ2n) is 5.92. The van der Waals surface area contributed by atoms with Crippen LogP contribution in [0.1, 0.15) is 32.8 Å². The van der Waals surface area contributed by atoms with Crippen LogP contribution in [0.25, 0.3) is 5.52 Å². The Kier molecular flexibility index (Phi) is 3.17. The maximum absolute atomic E-state index is 13.0. The van der Waals surface area contributed by atoms with E-state index in [4.69, 9.17) is 0 Å². The number of thiazole rings is 1. The van der Waals surface area contributed by atoms with Gasteiger partial charge in [-0.1, -0.05) is 6.07 Å². The van der Waals surface area contributed by atoms with Gasteiger partial charge in [0.1, 0.15) is 10.9 Å². The summed E-state index contributed by atoms with van der Waals surface area (Å²) >= 11 is 1.35. The second kappa shape index (κ2) is 5.52. The number of carbonyl (C=O) groups excluding carboxylic acids is 1. The maximum Gasteiger partial charge on any atom is 0.266 e. The van der Waals surface area contributed by atoms with E-state index in [-0.39, 0.29) is 11.9 Å². The number of pyridine rings is 1. The fraction of sp³-hybridized carbons (Fsp3) is 0.176. The molecule has 5 heterocycles. The minimum absolute atomic E-state index is 0.0294. The summed E-state index contributed by atoms with van der Waals surface area (Å²) in [6.45, 7) is 0.616. The van der Waals surface area contributed by atoms with Crippen molar-refractivity contribution in [1.82, 2.24) is 29.5 Å². The van der Waals surface area contributed by atoms with Gasteiger partial charge >= 0.3 is 0 Å². The van der Waals surface area contributed by atoms with Crippen molar-refractivity contribution in [3.8, 4) is 0 Å². The molecule has 8 heteroatoms. The van der Waals surface area contributed by atoms with Crippen LogP contribution < -0.4 is 0 Å². The highest BCUT2D eigenvalue weighted by molar-refractivity contribution is 7.11. The normalized spacial score (nSPS) is 17.0. The standard InChI is InChI=1S/C17H14N6OS/c24-17(14-8-18-10-25-14)22-6-4-12-15(20-9-19-12)16(22)13-7-11-3-1-2-5-23(11)21-13/h1-3,5,7-10,16H,4,6H2,(H,19,20)/t16-/m1/s1. The molecule has 1 N–H and O–H groups in total. The van der Waals surface area contributed by atoms with E-state index in [1.807, 2.05) is 39.9 Å². The predicted molar refractivity (Wildman–Crippen MR) is 92.5 cm³/mol. The number of rotatable bonds is 2. The average molecular weight is 350 g/mol. The molecule has 1 atom stereocenters.